The van der Waals surface area contributed by atoms with E-state index in [0.29, 0.717) is 29.4 Å². The van der Waals surface area contributed by atoms with Crippen molar-refractivity contribution < 1.29 is 19.0 Å². The van der Waals surface area contributed by atoms with E-state index in [1.54, 1.807) is 44.7 Å². The molecule has 0 heterocycles. The Morgan fingerprint density at radius 2 is 1.88 bits per heavy atom. The van der Waals surface area contributed by atoms with E-state index < -0.39 is 0 Å². The van der Waals surface area contributed by atoms with Gasteiger partial charge >= 0.3 is 0 Å². The highest BCUT2D eigenvalue weighted by atomic mass is 127. The lowest BCUT2D eigenvalue weighted by atomic mass is 10.2. The Bertz CT molecular complexity index is 778. The largest absolute Gasteiger partial charge is 0.496 e. The molecule has 0 aliphatic carbocycles. The standard InChI is InChI=1S/C18H19IN2O4/c1-4-25-15-8-5-12(9-17(15)24-3)11-20-21-18(22)13-6-7-14(19)16(10-13)23-2/h5-11H,4H2,1-3H3,(H,21,22)/b20-11-. The van der Waals surface area contributed by atoms with Crippen LogP contribution in [0.1, 0.15) is 22.8 Å². The molecule has 0 spiro atoms. The highest BCUT2D eigenvalue weighted by Gasteiger charge is 2.08. The zero-order valence-electron chi connectivity index (χ0n) is 14.2. The summed E-state index contributed by atoms with van der Waals surface area (Å²) in [5.41, 5.74) is 3.75. The van der Waals surface area contributed by atoms with Crippen LogP contribution in [0.25, 0.3) is 0 Å². The fourth-order valence-corrected chi connectivity index (χ4v) is 2.63. The van der Waals surface area contributed by atoms with Gasteiger partial charge in [0, 0.05) is 5.56 Å². The number of hydrogen-bond donors (Lipinski definition) is 1. The first-order chi connectivity index (χ1) is 12.1. The number of hydrazone groups is 1. The van der Waals surface area contributed by atoms with Gasteiger partial charge < -0.3 is 14.2 Å². The molecule has 0 aliphatic rings. The molecule has 1 N–H and O–H groups in total. The van der Waals surface area contributed by atoms with E-state index in [2.05, 4.69) is 33.1 Å². The van der Waals surface area contributed by atoms with Crippen molar-refractivity contribution in [1.82, 2.24) is 5.43 Å². The first kappa shape index (κ1) is 19.0. The molecular formula is C18H19IN2O4. The van der Waals surface area contributed by atoms with Crippen molar-refractivity contribution >= 4 is 34.7 Å². The molecule has 0 atom stereocenters. The first-order valence-corrected chi connectivity index (χ1v) is 8.64. The van der Waals surface area contributed by atoms with Crippen LogP contribution in [0.2, 0.25) is 0 Å². The Balaban J connectivity index is 2.06. The van der Waals surface area contributed by atoms with E-state index in [-0.39, 0.29) is 5.91 Å². The lowest BCUT2D eigenvalue weighted by molar-refractivity contribution is 0.0954. The number of nitrogens with zero attached hydrogens (tertiary/aromatic N) is 1. The molecule has 0 radical (unpaired) electrons. The van der Waals surface area contributed by atoms with Gasteiger partial charge in [-0.05, 0) is 71.5 Å². The molecule has 0 saturated carbocycles. The Morgan fingerprint density at radius 1 is 1.12 bits per heavy atom. The quantitative estimate of drug-likeness (QED) is 0.395. The monoisotopic (exact) mass is 454 g/mol. The zero-order chi connectivity index (χ0) is 18.2. The zero-order valence-corrected chi connectivity index (χ0v) is 16.4. The number of carbonyl (C=O) groups excluding carboxylic acids is 1. The van der Waals surface area contributed by atoms with E-state index >= 15 is 0 Å². The number of amides is 1. The fourth-order valence-electron chi connectivity index (χ4n) is 2.07. The summed E-state index contributed by atoms with van der Waals surface area (Å²) in [4.78, 5) is 12.1. The van der Waals surface area contributed by atoms with E-state index in [1.165, 1.54) is 0 Å². The molecule has 0 aliphatic heterocycles. The maximum atomic E-state index is 12.1. The third-order valence-corrected chi connectivity index (χ3v) is 4.17. The average molecular weight is 454 g/mol. The van der Waals surface area contributed by atoms with Gasteiger partial charge in [0.2, 0.25) is 0 Å². The third kappa shape index (κ3) is 5.09. The molecule has 132 valence electrons. The van der Waals surface area contributed by atoms with Gasteiger partial charge in [0.25, 0.3) is 5.91 Å². The Kier molecular flexibility index (Phi) is 7.05. The number of ether oxygens (including phenoxy) is 3. The highest BCUT2D eigenvalue weighted by Crippen LogP contribution is 2.27. The van der Waals surface area contributed by atoms with Gasteiger partial charge in [0.15, 0.2) is 11.5 Å². The fraction of sp³-hybridized carbons (Fsp3) is 0.222. The molecule has 0 bridgehead atoms. The van der Waals surface area contributed by atoms with Gasteiger partial charge in [-0.25, -0.2) is 5.43 Å². The maximum absolute atomic E-state index is 12.1. The number of nitrogens with one attached hydrogen (secondary N) is 1. The van der Waals surface area contributed by atoms with Crippen molar-refractivity contribution in [2.45, 2.75) is 6.92 Å². The van der Waals surface area contributed by atoms with E-state index in [9.17, 15) is 4.79 Å². The summed E-state index contributed by atoms with van der Waals surface area (Å²) in [5, 5.41) is 3.98. The summed E-state index contributed by atoms with van der Waals surface area (Å²) >= 11 is 2.14. The molecule has 2 aromatic carbocycles. The van der Waals surface area contributed by atoms with Crippen LogP contribution in [-0.4, -0.2) is 32.9 Å². The van der Waals surface area contributed by atoms with Crippen LogP contribution < -0.4 is 19.6 Å². The van der Waals surface area contributed by atoms with Gasteiger partial charge in [0.05, 0.1) is 30.6 Å². The lowest BCUT2D eigenvalue weighted by Crippen LogP contribution is -2.17. The molecule has 1 amide bonds. The minimum absolute atomic E-state index is 0.316. The summed E-state index contributed by atoms with van der Waals surface area (Å²) in [6.45, 7) is 2.46. The number of carbonyl (C=O) groups is 1. The Morgan fingerprint density at radius 3 is 2.56 bits per heavy atom. The number of benzene rings is 2. The first-order valence-electron chi connectivity index (χ1n) is 7.56. The molecule has 7 heteroatoms. The summed E-state index contributed by atoms with van der Waals surface area (Å²) in [5.74, 6) is 1.61. The van der Waals surface area contributed by atoms with Crippen molar-refractivity contribution in [2.75, 3.05) is 20.8 Å². The summed E-state index contributed by atoms with van der Waals surface area (Å²) in [7, 11) is 3.14. The van der Waals surface area contributed by atoms with E-state index in [0.717, 1.165) is 9.13 Å². The normalized spacial score (nSPS) is 10.6. The molecule has 6 nitrogen and oxygen atoms in total. The van der Waals surface area contributed by atoms with Crippen LogP contribution in [0.3, 0.4) is 0 Å². The van der Waals surface area contributed by atoms with Crippen molar-refractivity contribution in [3.8, 4) is 17.2 Å². The predicted octanol–water partition coefficient (Wildman–Crippen LogP) is 3.47. The van der Waals surface area contributed by atoms with Gasteiger partial charge in [-0.2, -0.15) is 5.10 Å². The molecule has 0 saturated heterocycles. The summed E-state index contributed by atoms with van der Waals surface area (Å²) in [6.07, 6.45) is 1.54. The smallest absolute Gasteiger partial charge is 0.271 e. The molecule has 0 unspecified atom stereocenters. The van der Waals surface area contributed by atoms with Crippen molar-refractivity contribution in [1.29, 1.82) is 0 Å². The lowest BCUT2D eigenvalue weighted by Gasteiger charge is -2.09. The molecule has 25 heavy (non-hydrogen) atoms. The SMILES string of the molecule is CCOc1ccc(/C=N\NC(=O)c2ccc(I)c(OC)c2)cc1OC. The van der Waals surface area contributed by atoms with Crippen LogP contribution in [0, 0.1) is 3.57 Å². The minimum Gasteiger partial charge on any atom is -0.496 e. The summed E-state index contributed by atoms with van der Waals surface area (Å²) in [6, 6.07) is 10.6. The second-order valence-electron chi connectivity index (χ2n) is 4.89. The average Bonchev–Trinajstić information content (AvgIpc) is 2.63. The maximum Gasteiger partial charge on any atom is 0.271 e. The van der Waals surface area contributed by atoms with Crippen molar-refractivity contribution in [2.24, 2.45) is 5.10 Å². The van der Waals surface area contributed by atoms with Crippen LogP contribution in [0.5, 0.6) is 17.2 Å². The van der Waals surface area contributed by atoms with E-state index in [1.807, 2.05) is 19.1 Å². The molecule has 2 aromatic rings. The summed E-state index contributed by atoms with van der Waals surface area (Å²) < 4.78 is 16.9. The number of rotatable bonds is 7. The topological polar surface area (TPSA) is 69.2 Å². The third-order valence-electron chi connectivity index (χ3n) is 3.28. The molecule has 0 aromatic heterocycles. The van der Waals surface area contributed by atoms with Gasteiger partial charge in [0.1, 0.15) is 5.75 Å². The van der Waals surface area contributed by atoms with Crippen molar-refractivity contribution in [3.05, 3.63) is 51.1 Å². The Hall–Kier alpha value is -2.29. The Labute approximate surface area is 160 Å². The van der Waals surface area contributed by atoms with Crippen LogP contribution in [0.4, 0.5) is 0 Å². The minimum atomic E-state index is -0.316. The van der Waals surface area contributed by atoms with Gasteiger partial charge in [-0.3, -0.25) is 4.79 Å². The van der Waals surface area contributed by atoms with Gasteiger partial charge in [-0.15, -0.1) is 0 Å². The molecular weight excluding hydrogens is 435 g/mol. The number of halogens is 1. The van der Waals surface area contributed by atoms with Crippen LogP contribution in [-0.2, 0) is 0 Å². The second kappa shape index (κ2) is 9.26. The number of hydrogen-bond acceptors (Lipinski definition) is 5. The van der Waals surface area contributed by atoms with E-state index in [4.69, 9.17) is 14.2 Å². The predicted molar refractivity (Wildman–Crippen MR) is 105 cm³/mol. The number of methoxy groups -OCH3 is 2. The second-order valence-corrected chi connectivity index (χ2v) is 6.05. The van der Waals surface area contributed by atoms with Crippen LogP contribution in [0.15, 0.2) is 41.5 Å². The van der Waals surface area contributed by atoms with Crippen molar-refractivity contribution in [3.63, 3.8) is 0 Å². The molecule has 2 rings (SSSR count). The van der Waals surface area contributed by atoms with Crippen LogP contribution >= 0.6 is 22.6 Å². The van der Waals surface area contributed by atoms with Gasteiger partial charge in [-0.1, -0.05) is 0 Å². The molecule has 0 fully saturated rings. The highest BCUT2D eigenvalue weighted by molar-refractivity contribution is 14.1.